The van der Waals surface area contributed by atoms with Crippen molar-refractivity contribution in [2.75, 3.05) is 19.8 Å². The summed E-state index contributed by atoms with van der Waals surface area (Å²) in [5, 5.41) is 2.90. The summed E-state index contributed by atoms with van der Waals surface area (Å²) in [7, 11) is 0. The van der Waals surface area contributed by atoms with E-state index in [0.717, 1.165) is 35.5 Å². The van der Waals surface area contributed by atoms with Crippen LogP contribution in [0.4, 0.5) is 0 Å². The second-order valence-corrected chi connectivity index (χ2v) is 6.02. The Morgan fingerprint density at radius 1 is 1.04 bits per heavy atom. The molecule has 4 heteroatoms. The summed E-state index contributed by atoms with van der Waals surface area (Å²) in [5.74, 6) is 1.57. The lowest BCUT2D eigenvalue weighted by Crippen LogP contribution is -2.30. The van der Waals surface area contributed by atoms with Crippen LogP contribution in [-0.2, 0) is 11.2 Å². The summed E-state index contributed by atoms with van der Waals surface area (Å²) < 4.78 is 11.0. The normalized spacial score (nSPS) is 10.4. The molecule has 0 aliphatic rings. The SMILES string of the molecule is CCOc1ccc(CCCNC(=O)COc2cccc(C)c2C)cc1. The van der Waals surface area contributed by atoms with Gasteiger partial charge in [-0.2, -0.15) is 0 Å². The van der Waals surface area contributed by atoms with Gasteiger partial charge in [-0.15, -0.1) is 0 Å². The van der Waals surface area contributed by atoms with Crippen molar-refractivity contribution in [2.24, 2.45) is 0 Å². The molecule has 1 N–H and O–H groups in total. The summed E-state index contributed by atoms with van der Waals surface area (Å²) in [6.07, 6.45) is 1.81. The highest BCUT2D eigenvalue weighted by molar-refractivity contribution is 5.77. The molecule has 4 nitrogen and oxygen atoms in total. The minimum Gasteiger partial charge on any atom is -0.494 e. The number of carbonyl (C=O) groups is 1. The Kier molecular flexibility index (Phi) is 7.33. The molecule has 0 unspecified atom stereocenters. The van der Waals surface area contributed by atoms with Crippen LogP contribution in [0.15, 0.2) is 42.5 Å². The number of rotatable bonds is 9. The molecule has 0 saturated heterocycles. The van der Waals surface area contributed by atoms with E-state index in [4.69, 9.17) is 9.47 Å². The van der Waals surface area contributed by atoms with E-state index in [1.165, 1.54) is 5.56 Å². The van der Waals surface area contributed by atoms with E-state index in [1.807, 2.05) is 51.1 Å². The predicted molar refractivity (Wildman–Crippen MR) is 100 cm³/mol. The van der Waals surface area contributed by atoms with Gasteiger partial charge in [0.2, 0.25) is 0 Å². The van der Waals surface area contributed by atoms with Gasteiger partial charge < -0.3 is 14.8 Å². The van der Waals surface area contributed by atoms with Crippen LogP contribution in [-0.4, -0.2) is 25.7 Å². The number of benzene rings is 2. The smallest absolute Gasteiger partial charge is 0.257 e. The summed E-state index contributed by atoms with van der Waals surface area (Å²) in [5.41, 5.74) is 3.48. The van der Waals surface area contributed by atoms with Gasteiger partial charge in [-0.3, -0.25) is 4.79 Å². The molecule has 0 bridgehead atoms. The fourth-order valence-electron chi connectivity index (χ4n) is 2.51. The number of amides is 1. The molecular formula is C21H27NO3. The topological polar surface area (TPSA) is 47.6 Å². The Labute approximate surface area is 150 Å². The van der Waals surface area contributed by atoms with E-state index in [1.54, 1.807) is 0 Å². The minimum absolute atomic E-state index is 0.0490. The van der Waals surface area contributed by atoms with Crippen molar-refractivity contribution >= 4 is 5.91 Å². The quantitative estimate of drug-likeness (QED) is 0.705. The van der Waals surface area contributed by atoms with E-state index in [9.17, 15) is 4.79 Å². The average molecular weight is 341 g/mol. The standard InChI is InChI=1S/C21H27NO3/c1-4-24-19-12-10-18(11-13-19)8-6-14-22-21(23)15-25-20-9-5-7-16(2)17(20)3/h5,7,9-13H,4,6,8,14-15H2,1-3H3,(H,22,23). The average Bonchev–Trinajstić information content (AvgIpc) is 2.61. The molecule has 0 aliphatic carbocycles. The number of aryl methyl sites for hydroxylation is 2. The minimum atomic E-state index is -0.0902. The first-order valence-electron chi connectivity index (χ1n) is 8.77. The lowest BCUT2D eigenvalue weighted by atomic mass is 10.1. The fourth-order valence-corrected chi connectivity index (χ4v) is 2.51. The second kappa shape index (κ2) is 9.72. The van der Waals surface area contributed by atoms with Crippen molar-refractivity contribution in [2.45, 2.75) is 33.6 Å². The molecule has 0 spiro atoms. The highest BCUT2D eigenvalue weighted by Crippen LogP contribution is 2.20. The third kappa shape index (κ3) is 6.14. The summed E-state index contributed by atoms with van der Waals surface area (Å²) in [6, 6.07) is 14.0. The lowest BCUT2D eigenvalue weighted by molar-refractivity contribution is -0.123. The molecule has 0 aromatic heterocycles. The van der Waals surface area contributed by atoms with Crippen LogP contribution in [0.3, 0.4) is 0 Å². The van der Waals surface area contributed by atoms with Gasteiger partial charge in [-0.1, -0.05) is 24.3 Å². The molecule has 0 saturated carbocycles. The molecule has 0 radical (unpaired) electrons. The van der Waals surface area contributed by atoms with Crippen molar-refractivity contribution in [3.8, 4) is 11.5 Å². The number of hydrogen-bond acceptors (Lipinski definition) is 3. The van der Waals surface area contributed by atoms with Crippen LogP contribution in [0.25, 0.3) is 0 Å². The molecule has 0 atom stereocenters. The Morgan fingerprint density at radius 3 is 2.52 bits per heavy atom. The van der Waals surface area contributed by atoms with Crippen LogP contribution in [0, 0.1) is 13.8 Å². The van der Waals surface area contributed by atoms with E-state index < -0.39 is 0 Å². The van der Waals surface area contributed by atoms with Crippen LogP contribution < -0.4 is 14.8 Å². The van der Waals surface area contributed by atoms with Crippen molar-refractivity contribution in [3.05, 3.63) is 59.2 Å². The Bertz CT molecular complexity index is 680. The molecule has 2 aromatic rings. The molecule has 1 amide bonds. The largest absolute Gasteiger partial charge is 0.494 e. The van der Waals surface area contributed by atoms with Gasteiger partial charge in [0, 0.05) is 6.54 Å². The molecule has 2 aromatic carbocycles. The zero-order valence-corrected chi connectivity index (χ0v) is 15.3. The molecule has 0 aliphatic heterocycles. The predicted octanol–water partition coefficient (Wildman–Crippen LogP) is 3.83. The van der Waals surface area contributed by atoms with Crippen molar-refractivity contribution < 1.29 is 14.3 Å². The van der Waals surface area contributed by atoms with Gasteiger partial charge in [0.05, 0.1) is 6.61 Å². The van der Waals surface area contributed by atoms with E-state index >= 15 is 0 Å². The molecule has 134 valence electrons. The summed E-state index contributed by atoms with van der Waals surface area (Å²) in [4.78, 5) is 11.9. The van der Waals surface area contributed by atoms with E-state index in [2.05, 4.69) is 17.4 Å². The Hall–Kier alpha value is -2.49. The molecule has 2 rings (SSSR count). The number of ether oxygens (including phenoxy) is 2. The van der Waals surface area contributed by atoms with Gasteiger partial charge in [-0.25, -0.2) is 0 Å². The first-order chi connectivity index (χ1) is 12.1. The molecule has 25 heavy (non-hydrogen) atoms. The van der Waals surface area contributed by atoms with Gasteiger partial charge in [0.15, 0.2) is 6.61 Å². The van der Waals surface area contributed by atoms with Crippen molar-refractivity contribution in [1.82, 2.24) is 5.32 Å². The van der Waals surface area contributed by atoms with Crippen LogP contribution in [0.1, 0.15) is 30.0 Å². The van der Waals surface area contributed by atoms with E-state index in [-0.39, 0.29) is 12.5 Å². The van der Waals surface area contributed by atoms with Crippen molar-refractivity contribution in [1.29, 1.82) is 0 Å². The number of nitrogens with one attached hydrogen (secondary N) is 1. The molecular weight excluding hydrogens is 314 g/mol. The highest BCUT2D eigenvalue weighted by Gasteiger charge is 2.05. The van der Waals surface area contributed by atoms with Crippen LogP contribution in [0.2, 0.25) is 0 Å². The number of hydrogen-bond donors (Lipinski definition) is 1. The van der Waals surface area contributed by atoms with Gasteiger partial charge >= 0.3 is 0 Å². The Balaban J connectivity index is 1.66. The van der Waals surface area contributed by atoms with Crippen molar-refractivity contribution in [3.63, 3.8) is 0 Å². The zero-order chi connectivity index (χ0) is 18.1. The monoisotopic (exact) mass is 341 g/mol. The second-order valence-electron chi connectivity index (χ2n) is 6.02. The fraction of sp³-hybridized carbons (Fsp3) is 0.381. The number of carbonyl (C=O) groups excluding carboxylic acids is 1. The summed E-state index contributed by atoms with van der Waals surface area (Å²) >= 11 is 0. The molecule has 0 heterocycles. The van der Waals surface area contributed by atoms with Crippen LogP contribution in [0.5, 0.6) is 11.5 Å². The lowest BCUT2D eigenvalue weighted by Gasteiger charge is -2.11. The van der Waals surface area contributed by atoms with Gasteiger partial charge in [-0.05, 0) is 68.5 Å². The van der Waals surface area contributed by atoms with Gasteiger partial charge in [0.25, 0.3) is 5.91 Å². The van der Waals surface area contributed by atoms with Gasteiger partial charge in [0.1, 0.15) is 11.5 Å². The first kappa shape index (κ1) is 18.8. The zero-order valence-electron chi connectivity index (χ0n) is 15.3. The molecule has 0 fully saturated rings. The third-order valence-corrected chi connectivity index (χ3v) is 4.11. The maximum atomic E-state index is 11.9. The van der Waals surface area contributed by atoms with Crippen LogP contribution >= 0.6 is 0 Å². The third-order valence-electron chi connectivity index (χ3n) is 4.11. The first-order valence-corrected chi connectivity index (χ1v) is 8.77. The van der Waals surface area contributed by atoms with E-state index in [0.29, 0.717) is 13.2 Å². The maximum Gasteiger partial charge on any atom is 0.257 e. The highest BCUT2D eigenvalue weighted by atomic mass is 16.5. The summed E-state index contributed by atoms with van der Waals surface area (Å²) in [6.45, 7) is 7.37. The maximum absolute atomic E-state index is 11.9. The Morgan fingerprint density at radius 2 is 1.80 bits per heavy atom.